The van der Waals surface area contributed by atoms with Crippen LogP contribution < -0.4 is 10.6 Å². The van der Waals surface area contributed by atoms with E-state index in [0.717, 1.165) is 36.2 Å². The molecular formula is C15H19N5. The fraction of sp³-hybridized carbons (Fsp3) is 0.533. The Hall–Kier alpha value is -1.59. The molecule has 0 radical (unpaired) electrons. The second kappa shape index (κ2) is 4.75. The van der Waals surface area contributed by atoms with Crippen LogP contribution in [0.5, 0.6) is 0 Å². The molecule has 2 aliphatic rings. The Bertz CT molecular complexity index is 615. The first-order chi connectivity index (χ1) is 9.89. The number of piperidine rings is 1. The summed E-state index contributed by atoms with van der Waals surface area (Å²) in [6, 6.07) is 2.39. The molecular weight excluding hydrogens is 250 g/mol. The first-order valence-electron chi connectivity index (χ1n) is 7.38. The highest BCUT2D eigenvalue weighted by Crippen LogP contribution is 2.48. The first kappa shape index (κ1) is 12.2. The van der Waals surface area contributed by atoms with Crippen molar-refractivity contribution in [3.05, 3.63) is 30.5 Å². The maximum absolute atomic E-state index is 4.62. The zero-order valence-electron chi connectivity index (χ0n) is 11.5. The quantitative estimate of drug-likeness (QED) is 0.820. The van der Waals surface area contributed by atoms with Gasteiger partial charge >= 0.3 is 0 Å². The van der Waals surface area contributed by atoms with Crippen LogP contribution in [0, 0.1) is 5.41 Å². The van der Waals surface area contributed by atoms with Crippen LogP contribution in [0.3, 0.4) is 0 Å². The third-order valence-corrected chi connectivity index (χ3v) is 4.93. The molecule has 0 saturated carbocycles. The van der Waals surface area contributed by atoms with E-state index in [4.69, 9.17) is 0 Å². The molecule has 2 aromatic heterocycles. The van der Waals surface area contributed by atoms with Gasteiger partial charge < -0.3 is 10.6 Å². The van der Waals surface area contributed by atoms with Crippen LogP contribution >= 0.6 is 0 Å². The van der Waals surface area contributed by atoms with Crippen LogP contribution in [0.15, 0.2) is 24.8 Å². The number of aromatic nitrogens is 3. The monoisotopic (exact) mass is 269 g/mol. The van der Waals surface area contributed by atoms with E-state index in [1.54, 1.807) is 6.33 Å². The second-order valence-corrected chi connectivity index (χ2v) is 5.90. The molecule has 4 heterocycles. The molecule has 1 unspecified atom stereocenters. The van der Waals surface area contributed by atoms with Crippen molar-refractivity contribution in [1.29, 1.82) is 0 Å². The SMILES string of the molecule is c1cc2c(C3NCCC34CCNCC4)ncnc2cn1. The van der Waals surface area contributed by atoms with Gasteiger partial charge in [0, 0.05) is 11.6 Å². The minimum Gasteiger partial charge on any atom is -0.317 e. The normalized spacial score (nSPS) is 25.3. The summed E-state index contributed by atoms with van der Waals surface area (Å²) >= 11 is 0. The van der Waals surface area contributed by atoms with E-state index in [9.17, 15) is 0 Å². The number of rotatable bonds is 1. The average molecular weight is 269 g/mol. The molecule has 0 aliphatic carbocycles. The van der Waals surface area contributed by atoms with Crippen molar-refractivity contribution in [1.82, 2.24) is 25.6 Å². The molecule has 2 N–H and O–H groups in total. The van der Waals surface area contributed by atoms with Gasteiger partial charge in [-0.3, -0.25) is 4.98 Å². The molecule has 4 rings (SSSR count). The Morgan fingerprint density at radius 3 is 2.85 bits per heavy atom. The Morgan fingerprint density at radius 2 is 1.95 bits per heavy atom. The third kappa shape index (κ3) is 1.81. The van der Waals surface area contributed by atoms with Crippen LogP contribution in [0.25, 0.3) is 10.9 Å². The fourth-order valence-electron chi connectivity index (χ4n) is 3.83. The third-order valence-electron chi connectivity index (χ3n) is 4.93. The number of fused-ring (bicyclic) bond motifs is 1. The number of nitrogens with zero attached hydrogens (tertiary/aromatic N) is 3. The maximum Gasteiger partial charge on any atom is 0.116 e. The predicted octanol–water partition coefficient (Wildman–Crippen LogP) is 1.43. The lowest BCUT2D eigenvalue weighted by Gasteiger charge is -2.38. The van der Waals surface area contributed by atoms with Crippen LogP contribution in [-0.2, 0) is 0 Å². The summed E-state index contributed by atoms with van der Waals surface area (Å²) in [7, 11) is 0. The topological polar surface area (TPSA) is 62.7 Å². The van der Waals surface area contributed by atoms with Crippen molar-refractivity contribution >= 4 is 10.9 Å². The molecule has 1 atom stereocenters. The summed E-state index contributed by atoms with van der Waals surface area (Å²) in [6.07, 6.45) is 9.02. The smallest absolute Gasteiger partial charge is 0.116 e. The van der Waals surface area contributed by atoms with Crippen LogP contribution in [0.4, 0.5) is 0 Å². The highest BCUT2D eigenvalue weighted by Gasteiger charge is 2.45. The molecule has 2 aromatic rings. The highest BCUT2D eigenvalue weighted by atomic mass is 15.0. The van der Waals surface area contributed by atoms with Gasteiger partial charge in [-0.05, 0) is 50.4 Å². The standard InChI is InChI=1S/C15H19N5/c1-5-17-9-12-11(1)13(20-10-19-12)14-15(4-8-18-14)2-6-16-7-3-15/h1,5,9-10,14,16,18H,2-4,6-8H2. The van der Waals surface area contributed by atoms with Crippen LogP contribution in [0.1, 0.15) is 31.0 Å². The molecule has 0 aromatic carbocycles. The van der Waals surface area contributed by atoms with Crippen molar-refractivity contribution in [3.63, 3.8) is 0 Å². The van der Waals surface area contributed by atoms with Gasteiger partial charge in [0.15, 0.2) is 0 Å². The summed E-state index contributed by atoms with van der Waals surface area (Å²) in [5.41, 5.74) is 2.45. The molecule has 20 heavy (non-hydrogen) atoms. The summed E-state index contributed by atoms with van der Waals surface area (Å²) in [6.45, 7) is 3.31. The van der Waals surface area contributed by atoms with E-state index in [1.165, 1.54) is 19.3 Å². The number of hydrogen-bond donors (Lipinski definition) is 2. The molecule has 0 amide bonds. The van der Waals surface area contributed by atoms with Gasteiger partial charge in [0.1, 0.15) is 6.33 Å². The molecule has 5 nitrogen and oxygen atoms in total. The largest absolute Gasteiger partial charge is 0.317 e. The average Bonchev–Trinajstić information content (AvgIpc) is 2.90. The lowest BCUT2D eigenvalue weighted by Crippen LogP contribution is -2.40. The van der Waals surface area contributed by atoms with E-state index in [2.05, 4.69) is 25.6 Å². The summed E-state index contributed by atoms with van der Waals surface area (Å²) in [5, 5.41) is 8.30. The molecule has 2 saturated heterocycles. The Morgan fingerprint density at radius 1 is 1.10 bits per heavy atom. The van der Waals surface area contributed by atoms with Crippen molar-refractivity contribution in [2.45, 2.75) is 25.3 Å². The zero-order chi connectivity index (χ0) is 13.4. The Labute approximate surface area is 118 Å². The minimum atomic E-state index is 0.345. The van der Waals surface area contributed by atoms with E-state index < -0.39 is 0 Å². The number of hydrogen-bond acceptors (Lipinski definition) is 5. The van der Waals surface area contributed by atoms with Crippen LogP contribution in [0.2, 0.25) is 0 Å². The predicted molar refractivity (Wildman–Crippen MR) is 77.2 cm³/mol. The van der Waals surface area contributed by atoms with Crippen molar-refractivity contribution in [2.24, 2.45) is 5.41 Å². The molecule has 2 aliphatic heterocycles. The fourth-order valence-corrected chi connectivity index (χ4v) is 3.83. The van der Waals surface area contributed by atoms with Gasteiger partial charge in [0.2, 0.25) is 0 Å². The van der Waals surface area contributed by atoms with Crippen molar-refractivity contribution < 1.29 is 0 Å². The van der Waals surface area contributed by atoms with E-state index in [1.807, 2.05) is 18.5 Å². The molecule has 104 valence electrons. The molecule has 2 fully saturated rings. The molecule has 1 spiro atoms. The summed E-state index contributed by atoms with van der Waals surface area (Å²) < 4.78 is 0. The molecule has 5 heteroatoms. The van der Waals surface area contributed by atoms with Crippen molar-refractivity contribution in [2.75, 3.05) is 19.6 Å². The summed E-state index contributed by atoms with van der Waals surface area (Å²) in [5.74, 6) is 0. The van der Waals surface area contributed by atoms with Gasteiger partial charge in [0.25, 0.3) is 0 Å². The van der Waals surface area contributed by atoms with Gasteiger partial charge in [-0.15, -0.1) is 0 Å². The highest BCUT2D eigenvalue weighted by molar-refractivity contribution is 5.80. The van der Waals surface area contributed by atoms with Gasteiger partial charge in [-0.25, -0.2) is 9.97 Å². The lowest BCUT2D eigenvalue weighted by atomic mass is 9.71. The zero-order valence-corrected chi connectivity index (χ0v) is 11.5. The first-order valence-corrected chi connectivity index (χ1v) is 7.38. The lowest BCUT2D eigenvalue weighted by molar-refractivity contribution is 0.174. The van der Waals surface area contributed by atoms with E-state index >= 15 is 0 Å². The minimum absolute atomic E-state index is 0.345. The number of pyridine rings is 1. The maximum atomic E-state index is 4.62. The van der Waals surface area contributed by atoms with Gasteiger partial charge in [-0.1, -0.05) is 0 Å². The van der Waals surface area contributed by atoms with Crippen molar-refractivity contribution in [3.8, 4) is 0 Å². The van der Waals surface area contributed by atoms with E-state index in [0.29, 0.717) is 11.5 Å². The number of nitrogens with one attached hydrogen (secondary N) is 2. The van der Waals surface area contributed by atoms with Gasteiger partial charge in [-0.2, -0.15) is 0 Å². The van der Waals surface area contributed by atoms with Crippen LogP contribution in [-0.4, -0.2) is 34.6 Å². The molecule has 0 bridgehead atoms. The second-order valence-electron chi connectivity index (χ2n) is 5.90. The Balaban J connectivity index is 1.82. The van der Waals surface area contributed by atoms with Gasteiger partial charge in [0.05, 0.1) is 23.4 Å². The van der Waals surface area contributed by atoms with E-state index in [-0.39, 0.29) is 0 Å². The summed E-state index contributed by atoms with van der Waals surface area (Å²) in [4.78, 5) is 13.1. The Kier molecular flexibility index (Phi) is 2.89.